The molecule has 1 N–H and O–H groups in total. The van der Waals surface area contributed by atoms with Gasteiger partial charge in [0, 0.05) is 0 Å². The summed E-state index contributed by atoms with van der Waals surface area (Å²) in [5.41, 5.74) is 3.01. The summed E-state index contributed by atoms with van der Waals surface area (Å²) in [5.74, 6) is 0.589. The summed E-state index contributed by atoms with van der Waals surface area (Å²) in [6.45, 7) is 2.21. The highest BCUT2D eigenvalue weighted by Crippen LogP contribution is 2.35. The van der Waals surface area contributed by atoms with E-state index >= 15 is 0 Å². The summed E-state index contributed by atoms with van der Waals surface area (Å²) in [7, 11) is 0. The lowest BCUT2D eigenvalue weighted by Crippen LogP contribution is -2.16. The van der Waals surface area contributed by atoms with E-state index in [0.29, 0.717) is 5.92 Å². The molecule has 2 unspecified atom stereocenters. The van der Waals surface area contributed by atoms with Crippen molar-refractivity contribution in [2.24, 2.45) is 0 Å². The van der Waals surface area contributed by atoms with Crippen molar-refractivity contribution in [3.63, 3.8) is 0 Å². The molecule has 0 saturated heterocycles. The number of aliphatic hydroxyl groups excluding tert-OH is 1. The maximum atomic E-state index is 10.2. The van der Waals surface area contributed by atoms with E-state index in [0.717, 1.165) is 12.8 Å². The first kappa shape index (κ1) is 13.6. The molecular weight excluding hydrogens is 220 g/mol. The van der Waals surface area contributed by atoms with Crippen LogP contribution in [0.25, 0.3) is 0 Å². The van der Waals surface area contributed by atoms with Crippen molar-refractivity contribution in [2.75, 3.05) is 0 Å². The molecule has 0 aromatic heterocycles. The van der Waals surface area contributed by atoms with Crippen molar-refractivity contribution < 1.29 is 5.11 Å². The first-order valence-electron chi connectivity index (χ1n) is 7.57. The van der Waals surface area contributed by atoms with E-state index in [1.54, 1.807) is 0 Å². The zero-order valence-electron chi connectivity index (χ0n) is 11.6. The first-order chi connectivity index (χ1) is 8.81. The van der Waals surface area contributed by atoms with E-state index in [-0.39, 0.29) is 6.10 Å². The smallest absolute Gasteiger partial charge is 0.0546 e. The van der Waals surface area contributed by atoms with Gasteiger partial charge in [-0.05, 0) is 49.1 Å². The highest BCUT2D eigenvalue weighted by molar-refractivity contribution is 5.32. The molecule has 1 nitrogen and oxygen atoms in total. The minimum absolute atomic E-state index is 0.104. The number of fused-ring (bicyclic) bond motifs is 1. The number of unbranched alkanes of at least 4 members (excludes halogenated alkanes) is 2. The van der Waals surface area contributed by atoms with Crippen LogP contribution in [0.4, 0.5) is 0 Å². The van der Waals surface area contributed by atoms with Crippen LogP contribution in [0.3, 0.4) is 0 Å². The second kappa shape index (κ2) is 6.94. The van der Waals surface area contributed by atoms with Crippen LogP contribution in [-0.2, 0) is 6.42 Å². The summed E-state index contributed by atoms with van der Waals surface area (Å²) in [6.07, 6.45) is 9.24. The molecule has 0 fully saturated rings. The van der Waals surface area contributed by atoms with Crippen LogP contribution in [-0.4, -0.2) is 11.2 Å². The van der Waals surface area contributed by atoms with Crippen molar-refractivity contribution in [3.8, 4) is 0 Å². The van der Waals surface area contributed by atoms with Gasteiger partial charge in [0.05, 0.1) is 6.10 Å². The van der Waals surface area contributed by atoms with Gasteiger partial charge in [-0.15, -0.1) is 0 Å². The molecule has 100 valence electrons. The zero-order valence-corrected chi connectivity index (χ0v) is 11.6. The van der Waals surface area contributed by atoms with Gasteiger partial charge in [0.15, 0.2) is 0 Å². The normalized spacial score (nSPS) is 20.4. The molecule has 0 heterocycles. The van der Waals surface area contributed by atoms with E-state index in [1.807, 2.05) is 0 Å². The molecule has 0 bridgehead atoms. The predicted molar refractivity (Wildman–Crippen MR) is 76.9 cm³/mol. The fraction of sp³-hybridized carbons (Fsp3) is 0.647. The molecule has 0 aliphatic heterocycles. The van der Waals surface area contributed by atoms with Crippen molar-refractivity contribution >= 4 is 0 Å². The van der Waals surface area contributed by atoms with Crippen LogP contribution in [0.1, 0.15) is 68.9 Å². The highest BCUT2D eigenvalue weighted by Gasteiger charge is 2.22. The third kappa shape index (κ3) is 3.58. The third-order valence-corrected chi connectivity index (χ3v) is 4.19. The number of hydrogen-bond donors (Lipinski definition) is 1. The summed E-state index contributed by atoms with van der Waals surface area (Å²) >= 11 is 0. The number of benzene rings is 1. The van der Waals surface area contributed by atoms with Gasteiger partial charge in [-0.3, -0.25) is 0 Å². The Bertz CT molecular complexity index is 358. The van der Waals surface area contributed by atoms with E-state index in [1.165, 1.54) is 49.7 Å². The molecule has 1 aromatic rings. The molecule has 2 rings (SSSR count). The average molecular weight is 246 g/mol. The van der Waals surface area contributed by atoms with Gasteiger partial charge in [0.25, 0.3) is 0 Å². The molecule has 1 heteroatoms. The molecular formula is C17H26O. The lowest BCUT2D eigenvalue weighted by molar-refractivity contribution is 0.139. The Kier molecular flexibility index (Phi) is 5.25. The van der Waals surface area contributed by atoms with E-state index in [9.17, 15) is 5.11 Å². The van der Waals surface area contributed by atoms with Gasteiger partial charge in [0.1, 0.15) is 0 Å². The monoisotopic (exact) mass is 246 g/mol. The molecule has 1 aliphatic carbocycles. The van der Waals surface area contributed by atoms with Crippen LogP contribution in [0.5, 0.6) is 0 Å². The Balaban J connectivity index is 1.90. The number of hydrogen-bond acceptors (Lipinski definition) is 1. The van der Waals surface area contributed by atoms with Crippen LogP contribution >= 0.6 is 0 Å². The Morgan fingerprint density at radius 3 is 2.94 bits per heavy atom. The number of aryl methyl sites for hydroxylation is 1. The molecule has 0 amide bonds. The van der Waals surface area contributed by atoms with Gasteiger partial charge < -0.3 is 5.11 Å². The Morgan fingerprint density at radius 2 is 2.11 bits per heavy atom. The topological polar surface area (TPSA) is 20.2 Å². The predicted octanol–water partition coefficient (Wildman–Crippen LogP) is 4.44. The van der Waals surface area contributed by atoms with Crippen LogP contribution in [0.2, 0.25) is 0 Å². The Labute approximate surface area is 111 Å². The Hall–Kier alpha value is -0.820. The SMILES string of the molecule is CCCCCC(O)CC1CCCc2ccccc21. The lowest BCUT2D eigenvalue weighted by atomic mass is 9.79. The van der Waals surface area contributed by atoms with Gasteiger partial charge in [-0.1, -0.05) is 50.5 Å². The molecule has 1 aliphatic rings. The highest BCUT2D eigenvalue weighted by atomic mass is 16.3. The van der Waals surface area contributed by atoms with Crippen molar-refractivity contribution in [1.29, 1.82) is 0 Å². The quantitative estimate of drug-likeness (QED) is 0.736. The maximum absolute atomic E-state index is 10.2. The second-order valence-electron chi connectivity index (χ2n) is 5.67. The average Bonchev–Trinajstić information content (AvgIpc) is 2.39. The van der Waals surface area contributed by atoms with Crippen molar-refractivity contribution in [1.82, 2.24) is 0 Å². The number of rotatable bonds is 6. The van der Waals surface area contributed by atoms with Crippen LogP contribution < -0.4 is 0 Å². The van der Waals surface area contributed by atoms with E-state index in [2.05, 4.69) is 31.2 Å². The molecule has 2 atom stereocenters. The third-order valence-electron chi connectivity index (χ3n) is 4.19. The minimum atomic E-state index is -0.104. The lowest BCUT2D eigenvalue weighted by Gasteiger charge is -2.27. The summed E-state index contributed by atoms with van der Waals surface area (Å²) < 4.78 is 0. The molecule has 0 radical (unpaired) electrons. The molecule has 0 saturated carbocycles. The van der Waals surface area contributed by atoms with Crippen LogP contribution in [0.15, 0.2) is 24.3 Å². The second-order valence-corrected chi connectivity index (χ2v) is 5.67. The van der Waals surface area contributed by atoms with E-state index < -0.39 is 0 Å². The largest absolute Gasteiger partial charge is 0.393 e. The fourth-order valence-corrected chi connectivity index (χ4v) is 3.18. The minimum Gasteiger partial charge on any atom is -0.393 e. The molecule has 18 heavy (non-hydrogen) atoms. The van der Waals surface area contributed by atoms with Crippen LogP contribution in [0, 0.1) is 0 Å². The first-order valence-corrected chi connectivity index (χ1v) is 7.57. The molecule has 0 spiro atoms. The van der Waals surface area contributed by atoms with Gasteiger partial charge in [-0.2, -0.15) is 0 Å². The van der Waals surface area contributed by atoms with Gasteiger partial charge in [-0.25, -0.2) is 0 Å². The summed E-state index contributed by atoms with van der Waals surface area (Å²) in [5, 5.41) is 10.2. The summed E-state index contributed by atoms with van der Waals surface area (Å²) in [4.78, 5) is 0. The van der Waals surface area contributed by atoms with Gasteiger partial charge in [0.2, 0.25) is 0 Å². The standard InChI is InChI=1S/C17H26O/c1-2-3-4-11-16(18)13-15-10-7-9-14-8-5-6-12-17(14)15/h5-6,8,12,15-16,18H,2-4,7,9-11,13H2,1H3. The van der Waals surface area contributed by atoms with Gasteiger partial charge >= 0.3 is 0 Å². The maximum Gasteiger partial charge on any atom is 0.0546 e. The number of aliphatic hydroxyl groups is 1. The Morgan fingerprint density at radius 1 is 1.28 bits per heavy atom. The van der Waals surface area contributed by atoms with E-state index in [4.69, 9.17) is 0 Å². The summed E-state index contributed by atoms with van der Waals surface area (Å²) in [6, 6.07) is 8.79. The van der Waals surface area contributed by atoms with Crippen molar-refractivity contribution in [2.45, 2.75) is 70.3 Å². The fourth-order valence-electron chi connectivity index (χ4n) is 3.18. The van der Waals surface area contributed by atoms with Crippen molar-refractivity contribution in [3.05, 3.63) is 35.4 Å². The zero-order chi connectivity index (χ0) is 12.8. The molecule has 1 aromatic carbocycles.